The van der Waals surface area contributed by atoms with Gasteiger partial charge in [-0.15, -0.1) is 0 Å². The quantitative estimate of drug-likeness (QED) is 0.0783. The number of hydrogen-bond donors (Lipinski definition) is 7. The number of rotatable bonds is 22. The molecule has 75 heavy (non-hydrogen) atoms. The van der Waals surface area contributed by atoms with Crippen LogP contribution in [0.4, 0.5) is 0 Å². The summed E-state index contributed by atoms with van der Waals surface area (Å²) < 4.78 is 216. The molecule has 8 unspecified atom stereocenters. The number of benzene rings is 1. The minimum Gasteiger partial charge on any atom is -0.479 e. The number of carbonyl (C=O) groups is 1. The fourth-order valence-corrected chi connectivity index (χ4v) is 11.9. The van der Waals surface area contributed by atoms with E-state index in [1.165, 1.54) is 21.0 Å². The molecule has 0 bridgehead atoms. The van der Waals surface area contributed by atoms with Crippen molar-refractivity contribution in [3.05, 3.63) is 35.9 Å². The predicted molar refractivity (Wildman–Crippen MR) is 251 cm³/mol. The molecule has 5 aliphatic heterocycles. The SMILES string of the molecule is CO[C@@H]1C[C@@H](C)[C@H](O[C@@H]2OC(C(=O)O)[C@@H](O[C@H]3OC(C)[C@@H](O[C@@H]4OC[C@@H](O[C@@H]5OC(C)[C@@H](C)[C@H](C)C5NS(=O)(=O)O)[C@H](C)C4OCc4ccccc4)CC3NS(=O)(=O)O)[C@H](C)C2OS(=O)(=O)O)C(COS(=O)(=O)O)O1. The van der Waals surface area contributed by atoms with Gasteiger partial charge < -0.3 is 57.2 Å². The van der Waals surface area contributed by atoms with Crippen molar-refractivity contribution in [3.8, 4) is 0 Å². The summed E-state index contributed by atoms with van der Waals surface area (Å²) in [5, 5.41) is 10.5. The number of nitrogens with one attached hydrogen (secondary N) is 2. The summed E-state index contributed by atoms with van der Waals surface area (Å²) in [4.78, 5) is 13.0. The van der Waals surface area contributed by atoms with Gasteiger partial charge in [-0.25, -0.2) is 13.2 Å². The van der Waals surface area contributed by atoms with Gasteiger partial charge in [-0.1, -0.05) is 65.0 Å². The molecule has 5 heterocycles. The normalized spacial score (nSPS) is 40.5. The molecule has 432 valence electrons. The van der Waals surface area contributed by atoms with E-state index in [2.05, 4.69) is 8.91 Å². The predicted octanol–water partition coefficient (Wildman–Crippen LogP) is 0.629. The third kappa shape index (κ3) is 17.1. The summed E-state index contributed by atoms with van der Waals surface area (Å²) in [7, 11) is -19.0. The van der Waals surface area contributed by atoms with Crippen LogP contribution in [-0.2, 0) is 113 Å². The molecule has 5 saturated heterocycles. The maximum atomic E-state index is 13.0. The summed E-state index contributed by atoms with van der Waals surface area (Å²) in [5.41, 5.74) is 0.762. The maximum Gasteiger partial charge on any atom is 0.397 e. The van der Waals surface area contributed by atoms with Crippen LogP contribution in [-0.4, -0.2) is 188 Å². The van der Waals surface area contributed by atoms with Gasteiger partial charge in [-0.2, -0.15) is 43.1 Å². The molecule has 5 aliphatic rings. The Kier molecular flexibility index (Phi) is 21.0. The first-order valence-electron chi connectivity index (χ1n) is 23.8. The minimum absolute atomic E-state index is 0.0369. The lowest BCUT2D eigenvalue weighted by Gasteiger charge is -2.49. The molecule has 29 nitrogen and oxygen atoms in total. The standard InChI is InChI=1S/C42H68N2O27S4/c1-19-14-31(59-8)65-30(18-62-74(53,54)55)33(19)68-42-36(71-75(56,57)58)23(5)34(37(70-42)38(45)46)69-39-27(43-72(47,48)49)15-28(25(7)64-39)66-41-35(60-16-26-12-10-9-11-13-26)22(4)29(17-61-41)67-40-32(44-73(50,51)52)21(3)20(2)24(6)63-40/h9-13,19-25,27-37,39-44H,14-18H2,1-8H3,(H,45,46)(H,47,48,49)(H,50,51,52)(H,53,54,55)(H,56,57,58)/t19-,20+,21+,22+,23+,24?,25?,27?,28+,29-,30?,31+,32?,33+,34+,35?,36?,37?,39-,40+,41+,42-/m1/s1. The smallest absolute Gasteiger partial charge is 0.397 e. The van der Waals surface area contributed by atoms with E-state index in [1.807, 2.05) is 29.8 Å². The topological polar surface area (TPSA) is 399 Å². The molecule has 0 radical (unpaired) electrons. The molecule has 5 fully saturated rings. The lowest BCUT2D eigenvalue weighted by Crippen LogP contribution is -2.64. The second-order valence-corrected chi connectivity index (χ2v) is 24.0. The average molecular weight is 1160 g/mol. The van der Waals surface area contributed by atoms with Gasteiger partial charge in [0.25, 0.3) is 0 Å². The number of carboxylic acid groups (broad SMARTS) is 1. The molecule has 7 N–H and O–H groups in total. The molecule has 33 heteroatoms. The van der Waals surface area contributed by atoms with Crippen molar-refractivity contribution in [1.82, 2.24) is 9.44 Å². The lowest BCUT2D eigenvalue weighted by atomic mass is 9.83. The van der Waals surface area contributed by atoms with Gasteiger partial charge in [0.15, 0.2) is 37.6 Å². The van der Waals surface area contributed by atoms with Gasteiger partial charge in [0.1, 0.15) is 24.4 Å². The van der Waals surface area contributed by atoms with Crippen molar-refractivity contribution in [3.63, 3.8) is 0 Å². The van der Waals surface area contributed by atoms with Crippen LogP contribution in [0, 0.1) is 29.6 Å². The second kappa shape index (κ2) is 25.5. The van der Waals surface area contributed by atoms with E-state index < -0.39 is 170 Å². The maximum absolute atomic E-state index is 13.0. The molecule has 0 amide bonds. The van der Waals surface area contributed by atoms with Gasteiger partial charge in [0.05, 0.1) is 62.4 Å². The highest BCUT2D eigenvalue weighted by molar-refractivity contribution is 7.84. The fourth-order valence-electron chi connectivity index (χ4n) is 9.82. The zero-order valence-corrected chi connectivity index (χ0v) is 45.2. The van der Waals surface area contributed by atoms with Crippen LogP contribution in [0.25, 0.3) is 0 Å². The Bertz CT molecular complexity index is 2500. The molecular formula is C42H68N2O27S4. The largest absolute Gasteiger partial charge is 0.479 e. The highest BCUT2D eigenvalue weighted by Gasteiger charge is 2.55. The van der Waals surface area contributed by atoms with Gasteiger partial charge >= 0.3 is 47.4 Å². The van der Waals surface area contributed by atoms with Crippen LogP contribution in [0.3, 0.4) is 0 Å². The van der Waals surface area contributed by atoms with Crippen LogP contribution >= 0.6 is 0 Å². The van der Waals surface area contributed by atoms with Crippen molar-refractivity contribution in [2.24, 2.45) is 29.6 Å². The lowest BCUT2D eigenvalue weighted by molar-refractivity contribution is -0.350. The summed E-state index contributed by atoms with van der Waals surface area (Å²) in [5.74, 6) is -4.96. The van der Waals surface area contributed by atoms with E-state index in [0.29, 0.717) is 0 Å². The van der Waals surface area contributed by atoms with Gasteiger partial charge in [-0.3, -0.25) is 18.2 Å². The third-order valence-electron chi connectivity index (χ3n) is 14.2. The first-order valence-corrected chi connectivity index (χ1v) is 29.5. The van der Waals surface area contributed by atoms with Crippen molar-refractivity contribution in [2.75, 3.05) is 20.3 Å². The van der Waals surface area contributed by atoms with E-state index >= 15 is 0 Å². The van der Waals surface area contributed by atoms with Crippen molar-refractivity contribution in [2.45, 2.75) is 172 Å². The van der Waals surface area contributed by atoms with Crippen LogP contribution in [0.1, 0.15) is 66.9 Å². The number of ether oxygens (including phenoxy) is 11. The Balaban J connectivity index is 1.23. The van der Waals surface area contributed by atoms with Crippen molar-refractivity contribution in [1.29, 1.82) is 0 Å². The molecule has 1 aromatic rings. The van der Waals surface area contributed by atoms with E-state index in [0.717, 1.165) is 5.56 Å². The van der Waals surface area contributed by atoms with Crippen molar-refractivity contribution < 1.29 is 122 Å². The Labute approximate surface area is 435 Å². The zero-order valence-electron chi connectivity index (χ0n) is 42.0. The number of carboxylic acids is 1. The molecule has 0 spiro atoms. The molecular weight excluding hydrogens is 1090 g/mol. The Morgan fingerprint density at radius 2 is 1.27 bits per heavy atom. The molecule has 6 rings (SSSR count). The van der Waals surface area contributed by atoms with E-state index in [4.69, 9.17) is 56.3 Å². The van der Waals surface area contributed by atoms with Crippen LogP contribution in [0.15, 0.2) is 30.3 Å². The average Bonchev–Trinajstić information content (AvgIpc) is 3.29. The monoisotopic (exact) mass is 1160 g/mol. The minimum atomic E-state index is -5.41. The highest BCUT2D eigenvalue weighted by Crippen LogP contribution is 2.40. The third-order valence-corrected chi connectivity index (χ3v) is 16.2. The molecule has 0 aromatic heterocycles. The number of methoxy groups -OCH3 is 1. The van der Waals surface area contributed by atoms with Crippen LogP contribution in [0.5, 0.6) is 0 Å². The Hall–Kier alpha value is -2.27. The molecule has 0 aliphatic carbocycles. The van der Waals surface area contributed by atoms with Gasteiger partial charge in [0, 0.05) is 25.4 Å². The van der Waals surface area contributed by atoms with Gasteiger partial charge in [-0.05, 0) is 43.6 Å². The van der Waals surface area contributed by atoms with Crippen LogP contribution in [0.2, 0.25) is 0 Å². The molecule has 1 aromatic carbocycles. The van der Waals surface area contributed by atoms with Crippen LogP contribution < -0.4 is 9.44 Å². The summed E-state index contributed by atoms with van der Waals surface area (Å²) in [6.07, 6.45) is -20.4. The summed E-state index contributed by atoms with van der Waals surface area (Å²) in [6.45, 7) is 10.6. The second-order valence-electron chi connectivity index (χ2n) is 19.4. The first kappa shape index (κ1) is 61.9. The molecule has 0 saturated carbocycles. The molecule has 22 atom stereocenters. The zero-order chi connectivity index (χ0) is 55.5. The fraction of sp³-hybridized carbons (Fsp3) is 0.833. The summed E-state index contributed by atoms with van der Waals surface area (Å²) >= 11 is 0. The van der Waals surface area contributed by atoms with E-state index in [9.17, 15) is 61.8 Å². The van der Waals surface area contributed by atoms with Gasteiger partial charge in [0.2, 0.25) is 0 Å². The Morgan fingerprint density at radius 3 is 1.87 bits per heavy atom. The highest BCUT2D eigenvalue weighted by atomic mass is 32.3. The Morgan fingerprint density at radius 1 is 0.640 bits per heavy atom. The van der Waals surface area contributed by atoms with E-state index in [1.54, 1.807) is 39.8 Å². The van der Waals surface area contributed by atoms with Crippen molar-refractivity contribution >= 4 is 47.4 Å². The number of aliphatic carboxylic acids is 1. The van der Waals surface area contributed by atoms with E-state index in [-0.39, 0.29) is 44.0 Å². The number of hydrogen-bond acceptors (Lipinski definition) is 22. The summed E-state index contributed by atoms with van der Waals surface area (Å²) in [6, 6.07) is 6.43. The first-order chi connectivity index (χ1) is 34.8.